The number of hydrogen-bond donors (Lipinski definition) is 1. The van der Waals surface area contributed by atoms with Gasteiger partial charge in [0.05, 0.1) is 5.92 Å². The number of esters is 1. The van der Waals surface area contributed by atoms with Crippen molar-refractivity contribution in [2.75, 3.05) is 0 Å². The SMILES string of the molecule is CCCCCCC(CCCC(=O)O)C(=O)OC1CCCCC1. The van der Waals surface area contributed by atoms with E-state index in [-0.39, 0.29) is 24.4 Å². The van der Waals surface area contributed by atoms with Crippen LogP contribution >= 0.6 is 0 Å². The summed E-state index contributed by atoms with van der Waals surface area (Å²) < 4.78 is 5.68. The number of carboxylic acids is 1. The summed E-state index contributed by atoms with van der Waals surface area (Å²) in [7, 11) is 0. The molecule has 1 aliphatic rings. The third kappa shape index (κ3) is 8.40. The van der Waals surface area contributed by atoms with Gasteiger partial charge in [-0.05, 0) is 44.9 Å². The molecule has 1 N–H and O–H groups in total. The first-order valence-corrected chi connectivity index (χ1v) is 9.05. The zero-order chi connectivity index (χ0) is 16.2. The normalized spacial score (nSPS) is 17.1. The Morgan fingerprint density at radius 3 is 2.36 bits per heavy atom. The lowest BCUT2D eigenvalue weighted by molar-refractivity contribution is -0.156. The topological polar surface area (TPSA) is 63.6 Å². The molecular formula is C18H32O4. The fourth-order valence-electron chi connectivity index (χ4n) is 3.14. The number of carbonyl (C=O) groups excluding carboxylic acids is 1. The lowest BCUT2D eigenvalue weighted by atomic mass is 9.94. The maximum Gasteiger partial charge on any atom is 0.309 e. The molecule has 0 aromatic rings. The molecule has 1 unspecified atom stereocenters. The Morgan fingerprint density at radius 2 is 1.73 bits per heavy atom. The number of ether oxygens (including phenoxy) is 1. The molecule has 0 bridgehead atoms. The predicted octanol–water partition coefficient (Wildman–Crippen LogP) is 4.70. The second kappa shape index (κ2) is 11.5. The summed E-state index contributed by atoms with van der Waals surface area (Å²) >= 11 is 0. The molecule has 1 rings (SSSR count). The van der Waals surface area contributed by atoms with E-state index < -0.39 is 5.97 Å². The van der Waals surface area contributed by atoms with E-state index >= 15 is 0 Å². The number of carbonyl (C=O) groups is 2. The molecule has 22 heavy (non-hydrogen) atoms. The van der Waals surface area contributed by atoms with Crippen LogP contribution in [0.15, 0.2) is 0 Å². The van der Waals surface area contributed by atoms with Crippen LogP contribution in [-0.4, -0.2) is 23.1 Å². The number of rotatable bonds is 11. The maximum atomic E-state index is 12.4. The Labute approximate surface area is 134 Å². The quantitative estimate of drug-likeness (QED) is 0.443. The van der Waals surface area contributed by atoms with Gasteiger partial charge in [-0.1, -0.05) is 39.0 Å². The zero-order valence-electron chi connectivity index (χ0n) is 14.0. The number of unbranched alkanes of at least 4 members (excludes halogenated alkanes) is 3. The molecule has 4 heteroatoms. The van der Waals surface area contributed by atoms with Gasteiger partial charge in [0.15, 0.2) is 0 Å². The molecule has 0 amide bonds. The van der Waals surface area contributed by atoms with Crippen LogP contribution in [0.3, 0.4) is 0 Å². The molecule has 0 aliphatic heterocycles. The highest BCUT2D eigenvalue weighted by Crippen LogP contribution is 2.24. The first kappa shape index (κ1) is 19.0. The third-order valence-electron chi connectivity index (χ3n) is 4.52. The third-order valence-corrected chi connectivity index (χ3v) is 4.52. The molecule has 128 valence electrons. The van der Waals surface area contributed by atoms with Crippen LogP contribution in [0.5, 0.6) is 0 Å². The van der Waals surface area contributed by atoms with Crippen molar-refractivity contribution in [2.24, 2.45) is 5.92 Å². The van der Waals surface area contributed by atoms with E-state index in [1.165, 1.54) is 19.3 Å². The number of carboxylic acid groups (broad SMARTS) is 1. The molecule has 1 atom stereocenters. The van der Waals surface area contributed by atoms with Crippen molar-refractivity contribution >= 4 is 11.9 Å². The van der Waals surface area contributed by atoms with Crippen LogP contribution < -0.4 is 0 Å². The zero-order valence-corrected chi connectivity index (χ0v) is 14.0. The van der Waals surface area contributed by atoms with Crippen molar-refractivity contribution in [1.29, 1.82) is 0 Å². The Bertz CT molecular complexity index is 321. The van der Waals surface area contributed by atoms with Crippen LogP contribution in [0.25, 0.3) is 0 Å². The van der Waals surface area contributed by atoms with E-state index in [0.29, 0.717) is 12.8 Å². The van der Waals surface area contributed by atoms with Gasteiger partial charge < -0.3 is 9.84 Å². The standard InChI is InChI=1S/C18H32O4/c1-2-3-4-6-10-15(11-9-14-17(19)20)18(21)22-16-12-7-5-8-13-16/h15-16H,2-14H2,1H3,(H,19,20). The largest absolute Gasteiger partial charge is 0.481 e. The van der Waals surface area contributed by atoms with Gasteiger partial charge in [-0.15, -0.1) is 0 Å². The van der Waals surface area contributed by atoms with Gasteiger partial charge in [-0.25, -0.2) is 0 Å². The van der Waals surface area contributed by atoms with Crippen molar-refractivity contribution in [1.82, 2.24) is 0 Å². The average Bonchev–Trinajstić information content (AvgIpc) is 2.50. The Kier molecular flexibility index (Phi) is 9.93. The minimum Gasteiger partial charge on any atom is -0.481 e. The molecule has 0 heterocycles. The van der Waals surface area contributed by atoms with Crippen LogP contribution in [-0.2, 0) is 14.3 Å². The number of hydrogen-bond acceptors (Lipinski definition) is 3. The van der Waals surface area contributed by atoms with Crippen molar-refractivity contribution in [3.63, 3.8) is 0 Å². The van der Waals surface area contributed by atoms with Gasteiger partial charge in [0.2, 0.25) is 0 Å². The maximum absolute atomic E-state index is 12.4. The van der Waals surface area contributed by atoms with Crippen molar-refractivity contribution in [3.05, 3.63) is 0 Å². The van der Waals surface area contributed by atoms with Crippen LogP contribution in [0.4, 0.5) is 0 Å². The fraction of sp³-hybridized carbons (Fsp3) is 0.889. The van der Waals surface area contributed by atoms with E-state index in [1.807, 2.05) is 0 Å². The smallest absolute Gasteiger partial charge is 0.309 e. The Morgan fingerprint density at radius 1 is 1.05 bits per heavy atom. The van der Waals surface area contributed by atoms with E-state index in [0.717, 1.165) is 44.9 Å². The minimum absolute atomic E-state index is 0.0891. The van der Waals surface area contributed by atoms with E-state index in [1.54, 1.807) is 0 Å². The second-order valence-electron chi connectivity index (χ2n) is 6.53. The van der Waals surface area contributed by atoms with Gasteiger partial charge in [0, 0.05) is 6.42 Å². The van der Waals surface area contributed by atoms with Gasteiger partial charge >= 0.3 is 11.9 Å². The summed E-state index contributed by atoms with van der Waals surface area (Å²) in [5, 5.41) is 8.76. The summed E-state index contributed by atoms with van der Waals surface area (Å²) in [4.78, 5) is 23.0. The van der Waals surface area contributed by atoms with Gasteiger partial charge in [-0.2, -0.15) is 0 Å². The van der Waals surface area contributed by atoms with E-state index in [2.05, 4.69) is 6.92 Å². The molecule has 1 aliphatic carbocycles. The first-order chi connectivity index (χ1) is 10.6. The summed E-state index contributed by atoms with van der Waals surface area (Å²) in [6, 6.07) is 0. The molecule has 0 aromatic carbocycles. The monoisotopic (exact) mass is 312 g/mol. The fourth-order valence-corrected chi connectivity index (χ4v) is 3.14. The van der Waals surface area contributed by atoms with E-state index in [4.69, 9.17) is 9.84 Å². The molecule has 0 aromatic heterocycles. The highest BCUT2D eigenvalue weighted by Gasteiger charge is 2.24. The average molecular weight is 312 g/mol. The molecule has 1 saturated carbocycles. The molecule has 0 spiro atoms. The summed E-state index contributed by atoms with van der Waals surface area (Å²) in [5.41, 5.74) is 0. The van der Waals surface area contributed by atoms with Crippen molar-refractivity contribution in [2.45, 2.75) is 96.5 Å². The first-order valence-electron chi connectivity index (χ1n) is 9.05. The van der Waals surface area contributed by atoms with Gasteiger partial charge in [-0.3, -0.25) is 9.59 Å². The van der Waals surface area contributed by atoms with Crippen molar-refractivity contribution in [3.8, 4) is 0 Å². The molecular weight excluding hydrogens is 280 g/mol. The molecule has 0 radical (unpaired) electrons. The minimum atomic E-state index is -0.787. The summed E-state index contributed by atoms with van der Waals surface area (Å²) in [5.74, 6) is -0.989. The Balaban J connectivity index is 2.38. The molecule has 0 saturated heterocycles. The highest BCUT2D eigenvalue weighted by molar-refractivity contribution is 5.72. The van der Waals surface area contributed by atoms with Crippen LogP contribution in [0.1, 0.15) is 90.4 Å². The lowest BCUT2D eigenvalue weighted by Crippen LogP contribution is -2.26. The lowest BCUT2D eigenvalue weighted by Gasteiger charge is -2.24. The Hall–Kier alpha value is -1.06. The van der Waals surface area contributed by atoms with Crippen molar-refractivity contribution < 1.29 is 19.4 Å². The van der Waals surface area contributed by atoms with E-state index in [9.17, 15) is 9.59 Å². The predicted molar refractivity (Wildman–Crippen MR) is 86.7 cm³/mol. The summed E-state index contributed by atoms with van der Waals surface area (Å²) in [6.45, 7) is 2.17. The molecule has 1 fully saturated rings. The van der Waals surface area contributed by atoms with Gasteiger partial charge in [0.25, 0.3) is 0 Å². The van der Waals surface area contributed by atoms with Crippen LogP contribution in [0.2, 0.25) is 0 Å². The summed E-state index contributed by atoms with van der Waals surface area (Å²) in [6.07, 6.45) is 12.4. The number of aliphatic carboxylic acids is 1. The molecule has 4 nitrogen and oxygen atoms in total. The van der Waals surface area contributed by atoms with Crippen LogP contribution in [0, 0.1) is 5.92 Å². The highest BCUT2D eigenvalue weighted by atomic mass is 16.5. The van der Waals surface area contributed by atoms with Gasteiger partial charge in [0.1, 0.15) is 6.10 Å². The second-order valence-corrected chi connectivity index (χ2v) is 6.53.